The van der Waals surface area contributed by atoms with Gasteiger partial charge >= 0.3 is 12.1 Å². The van der Waals surface area contributed by atoms with E-state index in [0.717, 1.165) is 17.7 Å². The van der Waals surface area contributed by atoms with Gasteiger partial charge in [0.15, 0.2) is 8.32 Å². The molecule has 1 amide bonds. The molecule has 0 spiro atoms. The van der Waals surface area contributed by atoms with E-state index in [0.29, 0.717) is 0 Å². The minimum Gasteiger partial charge on any atom is -0.457 e. The molecule has 3 unspecified atom stereocenters. The molecular formula is C33H43N3O12Si. The van der Waals surface area contributed by atoms with Gasteiger partial charge in [-0.1, -0.05) is 45.0 Å². The zero-order chi connectivity index (χ0) is 36.3. The van der Waals surface area contributed by atoms with Crippen molar-refractivity contribution in [2.75, 3.05) is 0 Å². The first kappa shape index (κ1) is 37.4. The summed E-state index contributed by atoms with van der Waals surface area (Å²) in [4.78, 5) is 61.8. The van der Waals surface area contributed by atoms with Crippen LogP contribution in [0.1, 0.15) is 58.1 Å². The van der Waals surface area contributed by atoms with Crippen LogP contribution < -0.4 is 0 Å². The van der Waals surface area contributed by atoms with Gasteiger partial charge in [0.2, 0.25) is 12.1 Å². The van der Waals surface area contributed by atoms with Gasteiger partial charge in [-0.2, -0.15) is 0 Å². The maximum absolute atomic E-state index is 13.6. The number of β-lactam (4-membered cyclic amide) rings is 1. The average Bonchev–Trinajstić information content (AvgIpc) is 3.87. The predicted molar refractivity (Wildman–Crippen MR) is 176 cm³/mol. The molecule has 2 aromatic rings. The second-order valence-corrected chi connectivity index (χ2v) is 18.7. The second kappa shape index (κ2) is 15.0. The highest BCUT2D eigenvalue weighted by atomic mass is 28.4. The van der Waals surface area contributed by atoms with E-state index in [-0.39, 0.29) is 46.0 Å². The number of aliphatic hydroxyl groups is 1. The monoisotopic (exact) mass is 701 g/mol. The molecule has 4 rings (SSSR count). The Morgan fingerprint density at radius 1 is 0.959 bits per heavy atom. The van der Waals surface area contributed by atoms with Gasteiger partial charge in [-0.15, -0.1) is 0 Å². The Labute approximate surface area is 284 Å². The van der Waals surface area contributed by atoms with Crippen LogP contribution in [0.25, 0.3) is 0 Å². The first-order valence-corrected chi connectivity index (χ1v) is 19.0. The Bertz CT molecular complexity index is 1570. The molecule has 0 radical (unpaired) electrons. The van der Waals surface area contributed by atoms with E-state index >= 15 is 0 Å². The zero-order valence-electron chi connectivity index (χ0n) is 28.4. The number of rotatable bonds is 15. The Morgan fingerprint density at radius 2 is 1.47 bits per heavy atom. The molecule has 16 heteroatoms. The molecule has 5 atom stereocenters. The van der Waals surface area contributed by atoms with Crippen molar-refractivity contribution in [1.29, 1.82) is 0 Å². The molecule has 15 nitrogen and oxygen atoms in total. The third kappa shape index (κ3) is 8.79. The molecule has 1 aliphatic heterocycles. The highest BCUT2D eigenvalue weighted by molar-refractivity contribution is 6.74. The van der Waals surface area contributed by atoms with E-state index < -0.39 is 73.7 Å². The number of nitro benzene ring substituents is 2. The number of hydrogen-bond donors (Lipinski definition) is 1. The molecule has 2 aliphatic rings. The van der Waals surface area contributed by atoms with E-state index in [1.807, 2.05) is 0 Å². The van der Waals surface area contributed by atoms with Crippen molar-refractivity contribution in [1.82, 2.24) is 4.90 Å². The van der Waals surface area contributed by atoms with Crippen molar-refractivity contribution in [3.05, 3.63) is 79.9 Å². The van der Waals surface area contributed by atoms with Crippen molar-refractivity contribution in [3.8, 4) is 0 Å². The fourth-order valence-corrected chi connectivity index (χ4v) is 7.02. The van der Waals surface area contributed by atoms with E-state index in [4.69, 9.17) is 18.6 Å². The lowest BCUT2D eigenvalue weighted by Crippen LogP contribution is -2.70. The molecule has 2 aromatic carbocycles. The van der Waals surface area contributed by atoms with Crippen LogP contribution in [0.15, 0.2) is 48.5 Å². The summed E-state index contributed by atoms with van der Waals surface area (Å²) in [7, 11) is -2.30. The first-order valence-electron chi connectivity index (χ1n) is 16.1. The van der Waals surface area contributed by atoms with Crippen molar-refractivity contribution < 1.29 is 48.0 Å². The molecule has 2 fully saturated rings. The molecule has 1 aliphatic carbocycles. The smallest absolute Gasteiger partial charge is 0.457 e. The van der Waals surface area contributed by atoms with Gasteiger partial charge in [-0.25, -0.2) is 9.59 Å². The summed E-state index contributed by atoms with van der Waals surface area (Å²) in [6, 6.07) is 10.6. The van der Waals surface area contributed by atoms with Crippen molar-refractivity contribution in [2.45, 2.75) is 103 Å². The number of ether oxygens (including phenoxy) is 3. The van der Waals surface area contributed by atoms with Gasteiger partial charge in [0, 0.05) is 18.2 Å². The first-order chi connectivity index (χ1) is 22.9. The molecule has 49 heavy (non-hydrogen) atoms. The summed E-state index contributed by atoms with van der Waals surface area (Å²) in [5, 5.41) is 33.7. The van der Waals surface area contributed by atoms with Crippen LogP contribution in [0.2, 0.25) is 18.1 Å². The average molecular weight is 702 g/mol. The number of likely N-dealkylation sites (tertiary alicyclic amines) is 1. The summed E-state index contributed by atoms with van der Waals surface area (Å²) in [6.07, 6.45) is -2.52. The third-order valence-electron chi connectivity index (χ3n) is 9.54. The number of esters is 1. The lowest BCUT2D eigenvalue weighted by atomic mass is 9.79. The number of carbonyl (C=O) groups is 3. The summed E-state index contributed by atoms with van der Waals surface area (Å²) in [6.45, 7) is 11.1. The predicted octanol–water partition coefficient (Wildman–Crippen LogP) is 5.62. The Balaban J connectivity index is 1.51. The Hall–Kier alpha value is -4.41. The fraction of sp³-hybridized carbons (Fsp3) is 0.545. The van der Waals surface area contributed by atoms with Crippen LogP contribution in [-0.2, 0) is 41.4 Å². The topological polar surface area (TPSA) is 198 Å². The minimum absolute atomic E-state index is 0.107. The lowest BCUT2D eigenvalue weighted by molar-refractivity contribution is -0.386. The highest BCUT2D eigenvalue weighted by Crippen LogP contribution is 2.46. The largest absolute Gasteiger partial charge is 0.508 e. The SMILES string of the molecule is CC(OC(=O)OCc1ccccc1[N+](=O)[O-])[C@H]1C(=O)N(C(O)C(=O)OCc2ccccc2[N+](=O)[O-])[C@@H]1CC(O[Si](C)(C)C(C)(C)C)C1CC1. The number of carbonyl (C=O) groups excluding carboxylic acids is 3. The zero-order valence-corrected chi connectivity index (χ0v) is 29.4. The number of benzene rings is 2. The van der Waals surface area contributed by atoms with E-state index in [1.54, 1.807) is 12.1 Å². The number of amides is 1. The van der Waals surface area contributed by atoms with Crippen LogP contribution in [0.5, 0.6) is 0 Å². The quantitative estimate of drug-likeness (QED) is 0.0791. The van der Waals surface area contributed by atoms with Gasteiger partial charge in [0.05, 0.1) is 32.9 Å². The molecule has 1 N–H and O–H groups in total. The van der Waals surface area contributed by atoms with Gasteiger partial charge in [0.25, 0.3) is 11.4 Å². The normalized spacial score (nSPS) is 19.7. The molecule has 0 bridgehead atoms. The molecule has 0 aromatic heterocycles. The number of nitro groups is 2. The van der Waals surface area contributed by atoms with Crippen molar-refractivity contribution in [3.63, 3.8) is 0 Å². The van der Waals surface area contributed by atoms with Crippen LogP contribution in [0.3, 0.4) is 0 Å². The molecule has 1 saturated carbocycles. The fourth-order valence-electron chi connectivity index (χ4n) is 5.62. The Morgan fingerprint density at radius 3 is 1.96 bits per heavy atom. The number of aliphatic hydroxyl groups excluding tert-OH is 1. The van der Waals surface area contributed by atoms with Gasteiger partial charge in [-0.05, 0) is 62.4 Å². The standard InChI is InChI=1S/C33H43N3O12Si/c1-20(47-32(40)46-19-23-12-8-10-14-25(23)36(43)44)28-26(17-27(21-15-16-21)48-49(5,6)33(2,3)4)34(29(28)37)30(38)31(39)45-18-22-11-7-9-13-24(22)35(41)42/h7-14,20-21,26-28,30,38H,15-19H2,1-6H3/t20?,26-,27?,28-,30?/m1/s1. The second-order valence-electron chi connectivity index (χ2n) is 13.9. The minimum atomic E-state index is -2.30. The van der Waals surface area contributed by atoms with Crippen LogP contribution >= 0.6 is 0 Å². The van der Waals surface area contributed by atoms with Crippen molar-refractivity contribution in [2.24, 2.45) is 11.8 Å². The molecule has 1 heterocycles. The number of nitrogens with zero attached hydrogens (tertiary/aromatic N) is 3. The maximum atomic E-state index is 13.6. The van der Waals surface area contributed by atoms with Crippen LogP contribution in [0.4, 0.5) is 16.2 Å². The van der Waals surface area contributed by atoms with E-state index in [2.05, 4.69) is 33.9 Å². The molecular weight excluding hydrogens is 658 g/mol. The lowest BCUT2D eigenvalue weighted by Gasteiger charge is -2.51. The van der Waals surface area contributed by atoms with Crippen LogP contribution in [-0.4, -0.2) is 70.7 Å². The summed E-state index contributed by atoms with van der Waals surface area (Å²) in [5.41, 5.74) is -0.241. The molecule has 1 saturated heterocycles. The van der Waals surface area contributed by atoms with Gasteiger partial charge in [-0.3, -0.25) is 25.0 Å². The van der Waals surface area contributed by atoms with Crippen molar-refractivity contribution >= 4 is 37.7 Å². The van der Waals surface area contributed by atoms with Gasteiger partial charge < -0.3 is 28.6 Å². The van der Waals surface area contributed by atoms with E-state index in [1.165, 1.54) is 43.3 Å². The summed E-state index contributed by atoms with van der Waals surface area (Å²) < 4.78 is 22.6. The third-order valence-corrected chi connectivity index (χ3v) is 14.0. The van der Waals surface area contributed by atoms with Gasteiger partial charge in [0.1, 0.15) is 19.3 Å². The summed E-state index contributed by atoms with van der Waals surface area (Å²) in [5.74, 6) is -2.64. The summed E-state index contributed by atoms with van der Waals surface area (Å²) >= 11 is 0. The Kier molecular flexibility index (Phi) is 11.5. The van der Waals surface area contributed by atoms with Crippen LogP contribution in [0, 0.1) is 32.1 Å². The highest BCUT2D eigenvalue weighted by Gasteiger charge is 2.57. The van der Waals surface area contributed by atoms with E-state index in [9.17, 15) is 39.7 Å². The number of hydrogen-bond acceptors (Lipinski definition) is 12. The molecule has 266 valence electrons. The maximum Gasteiger partial charge on any atom is 0.508 e. The number of para-hydroxylation sites is 2.